The van der Waals surface area contributed by atoms with Crippen LogP contribution in [0.5, 0.6) is 0 Å². The van der Waals surface area contributed by atoms with Crippen molar-refractivity contribution in [2.45, 2.75) is 13.0 Å². The van der Waals surface area contributed by atoms with Gasteiger partial charge >= 0.3 is 6.03 Å². The van der Waals surface area contributed by atoms with Gasteiger partial charge in [0.05, 0.1) is 5.69 Å². The van der Waals surface area contributed by atoms with Gasteiger partial charge in [-0.3, -0.25) is 0 Å². The Bertz CT molecular complexity index is 613. The van der Waals surface area contributed by atoms with E-state index < -0.39 is 11.8 Å². The van der Waals surface area contributed by atoms with Crippen LogP contribution in [0.1, 0.15) is 18.5 Å². The average Bonchev–Trinajstić information content (AvgIpc) is 2.49. The van der Waals surface area contributed by atoms with E-state index in [9.17, 15) is 9.18 Å². The summed E-state index contributed by atoms with van der Waals surface area (Å²) in [4.78, 5) is 11.8. The van der Waals surface area contributed by atoms with E-state index in [-0.39, 0.29) is 11.7 Å². The van der Waals surface area contributed by atoms with E-state index in [4.69, 9.17) is 0 Å². The first-order chi connectivity index (χ1) is 10.1. The lowest BCUT2D eigenvalue weighted by Crippen LogP contribution is -2.20. The maximum absolute atomic E-state index is 13.4. The molecule has 0 spiro atoms. The summed E-state index contributed by atoms with van der Waals surface area (Å²) in [6.45, 7) is 2.05. The molecule has 0 bridgehead atoms. The number of para-hydroxylation sites is 1. The van der Waals surface area contributed by atoms with E-state index in [1.807, 2.05) is 38.2 Å². The Morgan fingerprint density at radius 2 is 1.71 bits per heavy atom. The Hall–Kier alpha value is -2.40. The van der Waals surface area contributed by atoms with Crippen LogP contribution in [0.2, 0.25) is 0 Å². The van der Waals surface area contributed by atoms with E-state index in [1.165, 1.54) is 12.1 Å². The van der Waals surface area contributed by atoms with Gasteiger partial charge < -0.3 is 16.0 Å². The molecule has 0 fully saturated rings. The van der Waals surface area contributed by atoms with Crippen molar-refractivity contribution >= 4 is 17.4 Å². The van der Waals surface area contributed by atoms with Gasteiger partial charge in [-0.1, -0.05) is 24.3 Å². The minimum atomic E-state index is -0.477. The summed E-state index contributed by atoms with van der Waals surface area (Å²) in [5.74, 6) is -0.467. The highest BCUT2D eigenvalue weighted by Crippen LogP contribution is 2.17. The molecule has 0 saturated carbocycles. The van der Waals surface area contributed by atoms with Gasteiger partial charge in [0.25, 0.3) is 0 Å². The van der Waals surface area contributed by atoms with Gasteiger partial charge in [-0.05, 0) is 43.8 Å². The fourth-order valence-electron chi connectivity index (χ4n) is 1.87. The smallest absolute Gasteiger partial charge is 0.313 e. The molecule has 21 heavy (non-hydrogen) atoms. The second-order valence-electron chi connectivity index (χ2n) is 4.69. The highest BCUT2D eigenvalue weighted by Gasteiger charge is 2.07. The first-order valence-electron chi connectivity index (χ1n) is 6.70. The Morgan fingerprint density at radius 3 is 2.33 bits per heavy atom. The number of anilines is 2. The third kappa shape index (κ3) is 4.03. The summed E-state index contributed by atoms with van der Waals surface area (Å²) in [5.41, 5.74) is 1.92. The van der Waals surface area contributed by atoms with Crippen LogP contribution in [0, 0.1) is 5.82 Å². The maximum atomic E-state index is 13.4. The number of rotatable bonds is 4. The Morgan fingerprint density at radius 1 is 1.05 bits per heavy atom. The fraction of sp³-hybridized carbons (Fsp3) is 0.188. The van der Waals surface area contributed by atoms with Gasteiger partial charge in [-0.2, -0.15) is 0 Å². The number of hydrogen-bond acceptors (Lipinski definition) is 2. The molecule has 4 nitrogen and oxygen atoms in total. The topological polar surface area (TPSA) is 53.2 Å². The molecule has 3 N–H and O–H groups in total. The Kier molecular flexibility index (Phi) is 4.90. The zero-order valence-electron chi connectivity index (χ0n) is 12.0. The van der Waals surface area contributed by atoms with Crippen molar-refractivity contribution in [3.63, 3.8) is 0 Å². The fourth-order valence-corrected chi connectivity index (χ4v) is 1.87. The van der Waals surface area contributed by atoms with Gasteiger partial charge in [-0.15, -0.1) is 0 Å². The van der Waals surface area contributed by atoms with Gasteiger partial charge in [0.1, 0.15) is 5.82 Å². The molecule has 2 aromatic rings. The Balaban J connectivity index is 1.98. The SMILES string of the molecule is CNC(C)c1ccc(NC(=O)Nc2ccccc2F)cc1. The van der Waals surface area contributed by atoms with Crippen molar-refractivity contribution in [2.75, 3.05) is 17.7 Å². The van der Waals surface area contributed by atoms with Gasteiger partial charge in [0, 0.05) is 11.7 Å². The predicted molar refractivity (Wildman–Crippen MR) is 83.0 cm³/mol. The summed E-state index contributed by atoms with van der Waals surface area (Å²) in [7, 11) is 1.89. The molecule has 0 aliphatic heterocycles. The molecule has 0 radical (unpaired) electrons. The van der Waals surface area contributed by atoms with Crippen LogP contribution in [-0.2, 0) is 0 Å². The third-order valence-electron chi connectivity index (χ3n) is 3.22. The molecule has 0 saturated heterocycles. The molecule has 5 heteroatoms. The monoisotopic (exact) mass is 287 g/mol. The van der Waals surface area contributed by atoms with E-state index in [0.717, 1.165) is 5.56 Å². The van der Waals surface area contributed by atoms with Crippen molar-refractivity contribution in [3.8, 4) is 0 Å². The van der Waals surface area contributed by atoms with Crippen molar-refractivity contribution in [2.24, 2.45) is 0 Å². The van der Waals surface area contributed by atoms with Crippen molar-refractivity contribution < 1.29 is 9.18 Å². The van der Waals surface area contributed by atoms with Gasteiger partial charge in [0.2, 0.25) is 0 Å². The molecule has 110 valence electrons. The summed E-state index contributed by atoms with van der Waals surface area (Å²) >= 11 is 0. The number of urea groups is 1. The van der Waals surface area contributed by atoms with Crippen molar-refractivity contribution in [3.05, 3.63) is 59.9 Å². The lowest BCUT2D eigenvalue weighted by atomic mass is 10.1. The summed E-state index contributed by atoms with van der Waals surface area (Å²) < 4.78 is 13.4. The molecular formula is C16H18FN3O. The highest BCUT2D eigenvalue weighted by atomic mass is 19.1. The molecule has 1 unspecified atom stereocenters. The number of halogens is 1. The predicted octanol–water partition coefficient (Wildman–Crippen LogP) is 3.75. The number of carbonyl (C=O) groups excluding carboxylic acids is 1. The van der Waals surface area contributed by atoms with E-state index in [0.29, 0.717) is 5.69 Å². The minimum Gasteiger partial charge on any atom is -0.313 e. The van der Waals surface area contributed by atoms with Crippen LogP contribution in [0.15, 0.2) is 48.5 Å². The first kappa shape index (κ1) is 15.0. The largest absolute Gasteiger partial charge is 0.323 e. The van der Waals surface area contributed by atoms with Crippen LogP contribution >= 0.6 is 0 Å². The van der Waals surface area contributed by atoms with Gasteiger partial charge in [0.15, 0.2) is 0 Å². The Labute approximate surface area is 123 Å². The van der Waals surface area contributed by atoms with Gasteiger partial charge in [-0.25, -0.2) is 9.18 Å². The second kappa shape index (κ2) is 6.85. The lowest BCUT2D eigenvalue weighted by Gasteiger charge is -2.12. The standard InChI is InChI=1S/C16H18FN3O/c1-11(18-2)12-7-9-13(10-8-12)19-16(21)20-15-6-4-3-5-14(15)17/h3-11,18H,1-2H3,(H2,19,20,21). The average molecular weight is 287 g/mol. The maximum Gasteiger partial charge on any atom is 0.323 e. The van der Waals surface area contributed by atoms with E-state index in [1.54, 1.807) is 12.1 Å². The normalized spacial score (nSPS) is 11.8. The van der Waals surface area contributed by atoms with Crippen LogP contribution in [-0.4, -0.2) is 13.1 Å². The number of nitrogens with one attached hydrogen (secondary N) is 3. The number of amides is 2. The quantitative estimate of drug-likeness (QED) is 0.802. The molecule has 2 amide bonds. The zero-order valence-corrected chi connectivity index (χ0v) is 12.0. The third-order valence-corrected chi connectivity index (χ3v) is 3.22. The molecule has 0 aromatic heterocycles. The van der Waals surface area contributed by atoms with Crippen LogP contribution in [0.3, 0.4) is 0 Å². The van der Waals surface area contributed by atoms with Crippen molar-refractivity contribution in [1.29, 1.82) is 0 Å². The number of benzene rings is 2. The van der Waals surface area contributed by atoms with Crippen LogP contribution in [0.4, 0.5) is 20.6 Å². The molecule has 0 aliphatic rings. The summed E-state index contributed by atoms with van der Waals surface area (Å²) in [6, 6.07) is 13.3. The molecule has 0 aliphatic carbocycles. The lowest BCUT2D eigenvalue weighted by molar-refractivity contribution is 0.262. The minimum absolute atomic E-state index is 0.149. The number of hydrogen-bond donors (Lipinski definition) is 3. The summed E-state index contributed by atoms with van der Waals surface area (Å²) in [6.07, 6.45) is 0. The molecular weight excluding hydrogens is 269 g/mol. The highest BCUT2D eigenvalue weighted by molar-refractivity contribution is 5.99. The molecule has 0 heterocycles. The number of carbonyl (C=O) groups is 1. The molecule has 2 aromatic carbocycles. The second-order valence-corrected chi connectivity index (χ2v) is 4.69. The van der Waals surface area contributed by atoms with E-state index >= 15 is 0 Å². The van der Waals surface area contributed by atoms with Crippen molar-refractivity contribution in [1.82, 2.24) is 5.32 Å². The van der Waals surface area contributed by atoms with Crippen LogP contribution in [0.25, 0.3) is 0 Å². The zero-order chi connectivity index (χ0) is 15.2. The molecule has 1 atom stereocenters. The van der Waals surface area contributed by atoms with Crippen LogP contribution < -0.4 is 16.0 Å². The summed E-state index contributed by atoms with van der Waals surface area (Å²) in [5, 5.41) is 8.27. The molecule has 2 rings (SSSR count). The first-order valence-corrected chi connectivity index (χ1v) is 6.70. The van der Waals surface area contributed by atoms with E-state index in [2.05, 4.69) is 16.0 Å².